The van der Waals surface area contributed by atoms with Crippen molar-refractivity contribution in [2.24, 2.45) is 0 Å². The second-order valence-corrected chi connectivity index (χ2v) is 4.47. The Balaban J connectivity index is 1.94. The highest BCUT2D eigenvalue weighted by atomic mass is 15.1. The third kappa shape index (κ3) is 2.66. The van der Waals surface area contributed by atoms with E-state index in [9.17, 15) is 0 Å². The molecule has 0 unspecified atom stereocenters. The summed E-state index contributed by atoms with van der Waals surface area (Å²) in [6.07, 6.45) is 9.86. The van der Waals surface area contributed by atoms with Crippen molar-refractivity contribution in [3.8, 4) is 0 Å². The summed E-state index contributed by atoms with van der Waals surface area (Å²) in [4.78, 5) is 2.49. The number of anilines is 1. The summed E-state index contributed by atoms with van der Waals surface area (Å²) in [5.41, 5.74) is 2.77. The Bertz CT molecular complexity index is 354. The van der Waals surface area contributed by atoms with Crippen molar-refractivity contribution >= 4 is 11.8 Å². The quantitative estimate of drug-likeness (QED) is 0.668. The number of hydrogen-bond donors (Lipinski definition) is 0. The Hall–Kier alpha value is -1.24. The Morgan fingerprint density at radius 2 is 2.00 bits per heavy atom. The summed E-state index contributed by atoms with van der Waals surface area (Å²) in [6, 6.07) is 8.68. The van der Waals surface area contributed by atoms with Crippen LogP contribution in [0.25, 0.3) is 6.08 Å². The van der Waals surface area contributed by atoms with E-state index in [4.69, 9.17) is 0 Å². The summed E-state index contributed by atoms with van der Waals surface area (Å²) in [5.74, 6) is 0. The Morgan fingerprint density at radius 1 is 1.12 bits per heavy atom. The Morgan fingerprint density at radius 3 is 2.88 bits per heavy atom. The van der Waals surface area contributed by atoms with Crippen LogP contribution in [-0.2, 0) is 0 Å². The molecule has 0 atom stereocenters. The van der Waals surface area contributed by atoms with Crippen LogP contribution in [0.3, 0.4) is 0 Å². The first kappa shape index (κ1) is 11.3. The van der Waals surface area contributed by atoms with E-state index in [2.05, 4.69) is 48.2 Å². The second kappa shape index (κ2) is 5.74. The van der Waals surface area contributed by atoms with Gasteiger partial charge >= 0.3 is 0 Å². The molecule has 0 radical (unpaired) electrons. The van der Waals surface area contributed by atoms with Crippen molar-refractivity contribution in [1.29, 1.82) is 0 Å². The molecule has 1 heteroatoms. The number of rotatable bonds is 5. The molecule has 16 heavy (non-hydrogen) atoms. The number of benzene rings is 1. The van der Waals surface area contributed by atoms with Gasteiger partial charge in [0.15, 0.2) is 0 Å². The zero-order valence-corrected chi connectivity index (χ0v) is 10.2. The fourth-order valence-electron chi connectivity index (χ4n) is 2.26. The lowest BCUT2D eigenvalue weighted by Crippen LogP contribution is -2.26. The first-order chi connectivity index (χ1) is 7.92. The van der Waals surface area contributed by atoms with Crippen LogP contribution < -0.4 is 4.90 Å². The van der Waals surface area contributed by atoms with Gasteiger partial charge in [0, 0.05) is 18.8 Å². The number of para-hydroxylation sites is 1. The van der Waals surface area contributed by atoms with E-state index in [1.165, 1.54) is 43.5 Å². The molecule has 0 amide bonds. The molecule has 0 N–H and O–H groups in total. The largest absolute Gasteiger partial charge is 0.367 e. The van der Waals surface area contributed by atoms with Gasteiger partial charge < -0.3 is 4.90 Å². The molecule has 1 aliphatic heterocycles. The molecule has 0 saturated carbocycles. The molecule has 1 aromatic rings. The smallest absolute Gasteiger partial charge is 0.0442 e. The van der Waals surface area contributed by atoms with Crippen molar-refractivity contribution in [1.82, 2.24) is 0 Å². The number of fused-ring (bicyclic) bond motifs is 1. The Labute approximate surface area is 98.8 Å². The van der Waals surface area contributed by atoms with Gasteiger partial charge in [-0.1, -0.05) is 56.5 Å². The van der Waals surface area contributed by atoms with Gasteiger partial charge in [-0.05, 0) is 18.1 Å². The van der Waals surface area contributed by atoms with Crippen LogP contribution in [0.4, 0.5) is 5.69 Å². The summed E-state index contributed by atoms with van der Waals surface area (Å²) < 4.78 is 0. The van der Waals surface area contributed by atoms with Crippen LogP contribution in [0.5, 0.6) is 0 Å². The highest BCUT2D eigenvalue weighted by molar-refractivity contribution is 5.71. The van der Waals surface area contributed by atoms with Crippen LogP contribution in [0.2, 0.25) is 0 Å². The number of nitrogens with zero attached hydrogens (tertiary/aromatic N) is 1. The molecule has 86 valence electrons. The molecule has 0 fully saturated rings. The molecule has 1 heterocycles. The molecule has 1 aromatic carbocycles. The zero-order valence-electron chi connectivity index (χ0n) is 10.2. The number of hydrogen-bond acceptors (Lipinski definition) is 1. The van der Waals surface area contributed by atoms with E-state index in [1.54, 1.807) is 0 Å². The minimum Gasteiger partial charge on any atom is -0.367 e. The van der Waals surface area contributed by atoms with Gasteiger partial charge in [0.05, 0.1) is 0 Å². The average Bonchev–Trinajstić information content (AvgIpc) is 2.35. The normalized spacial score (nSPS) is 13.9. The minimum absolute atomic E-state index is 1.07. The standard InChI is InChI=1S/C15H21N/c1-2-3-4-7-12-16-13-8-10-14-9-5-6-11-15(14)16/h5-6,8-11H,2-4,7,12-13H2,1H3. The van der Waals surface area contributed by atoms with E-state index in [0.717, 1.165) is 6.54 Å². The van der Waals surface area contributed by atoms with E-state index >= 15 is 0 Å². The van der Waals surface area contributed by atoms with Crippen LogP contribution >= 0.6 is 0 Å². The van der Waals surface area contributed by atoms with Gasteiger partial charge in [-0.15, -0.1) is 0 Å². The van der Waals surface area contributed by atoms with Gasteiger partial charge in [0.25, 0.3) is 0 Å². The fraction of sp³-hybridized carbons (Fsp3) is 0.467. The molecule has 1 nitrogen and oxygen atoms in total. The third-order valence-corrected chi connectivity index (χ3v) is 3.18. The number of unbranched alkanes of at least 4 members (excludes halogenated alkanes) is 3. The van der Waals surface area contributed by atoms with Crippen LogP contribution in [0.15, 0.2) is 30.3 Å². The molecular formula is C15H21N. The average molecular weight is 215 g/mol. The predicted molar refractivity (Wildman–Crippen MR) is 71.8 cm³/mol. The van der Waals surface area contributed by atoms with Crippen LogP contribution in [0, 0.1) is 0 Å². The second-order valence-electron chi connectivity index (χ2n) is 4.47. The van der Waals surface area contributed by atoms with Crippen molar-refractivity contribution in [2.45, 2.75) is 32.6 Å². The van der Waals surface area contributed by atoms with Gasteiger partial charge in [-0.25, -0.2) is 0 Å². The first-order valence-corrected chi connectivity index (χ1v) is 6.42. The van der Waals surface area contributed by atoms with Crippen molar-refractivity contribution in [3.05, 3.63) is 35.9 Å². The monoisotopic (exact) mass is 215 g/mol. The van der Waals surface area contributed by atoms with Crippen molar-refractivity contribution in [2.75, 3.05) is 18.0 Å². The highest BCUT2D eigenvalue weighted by Crippen LogP contribution is 2.25. The van der Waals surface area contributed by atoms with Crippen LogP contribution in [-0.4, -0.2) is 13.1 Å². The maximum atomic E-state index is 2.49. The lowest BCUT2D eigenvalue weighted by molar-refractivity contribution is 0.653. The van der Waals surface area contributed by atoms with Gasteiger partial charge in [0.1, 0.15) is 0 Å². The maximum absolute atomic E-state index is 2.49. The first-order valence-electron chi connectivity index (χ1n) is 6.42. The van der Waals surface area contributed by atoms with Gasteiger partial charge in [-0.2, -0.15) is 0 Å². The van der Waals surface area contributed by atoms with Gasteiger partial charge in [0.2, 0.25) is 0 Å². The topological polar surface area (TPSA) is 3.24 Å². The highest BCUT2D eigenvalue weighted by Gasteiger charge is 2.10. The molecule has 0 spiro atoms. The summed E-state index contributed by atoms with van der Waals surface area (Å²) >= 11 is 0. The lowest BCUT2D eigenvalue weighted by atomic mass is 10.1. The molecule has 0 saturated heterocycles. The van der Waals surface area contributed by atoms with E-state index in [-0.39, 0.29) is 0 Å². The zero-order chi connectivity index (χ0) is 11.2. The van der Waals surface area contributed by atoms with Crippen molar-refractivity contribution < 1.29 is 0 Å². The molecule has 0 aromatic heterocycles. The summed E-state index contributed by atoms with van der Waals surface area (Å²) in [7, 11) is 0. The molecule has 0 aliphatic carbocycles. The molecule has 2 rings (SSSR count). The van der Waals surface area contributed by atoms with E-state index in [0.29, 0.717) is 0 Å². The predicted octanol–water partition coefficient (Wildman–Crippen LogP) is 4.10. The SMILES string of the molecule is CCCCCCN1CC=Cc2ccccc21. The fourth-order valence-corrected chi connectivity index (χ4v) is 2.26. The van der Waals surface area contributed by atoms with Gasteiger partial charge in [-0.3, -0.25) is 0 Å². The summed E-state index contributed by atoms with van der Waals surface area (Å²) in [5, 5.41) is 0. The summed E-state index contributed by atoms with van der Waals surface area (Å²) in [6.45, 7) is 4.53. The van der Waals surface area contributed by atoms with E-state index < -0.39 is 0 Å². The molecule has 1 aliphatic rings. The Kier molecular flexibility index (Phi) is 4.03. The van der Waals surface area contributed by atoms with Crippen LogP contribution in [0.1, 0.15) is 38.2 Å². The third-order valence-electron chi connectivity index (χ3n) is 3.18. The molecular weight excluding hydrogens is 194 g/mol. The maximum Gasteiger partial charge on any atom is 0.0442 e. The lowest BCUT2D eigenvalue weighted by Gasteiger charge is -2.28. The van der Waals surface area contributed by atoms with E-state index in [1.807, 2.05) is 0 Å². The molecule has 0 bridgehead atoms. The van der Waals surface area contributed by atoms with Crippen molar-refractivity contribution in [3.63, 3.8) is 0 Å². The minimum atomic E-state index is 1.07.